The number of fused-ring (bicyclic) bond motifs is 3. The molecule has 7 aromatic carbocycles. The Morgan fingerprint density at radius 1 is 0.400 bits per heavy atom. The molecule has 1 aromatic heterocycles. The van der Waals surface area contributed by atoms with Crippen molar-refractivity contribution in [3.8, 4) is 22.3 Å². The van der Waals surface area contributed by atoms with Gasteiger partial charge in [0.1, 0.15) is 0 Å². The van der Waals surface area contributed by atoms with Gasteiger partial charge in [-0.1, -0.05) is 109 Å². The van der Waals surface area contributed by atoms with Crippen LogP contribution < -0.4 is 0 Å². The minimum absolute atomic E-state index is 1.17. The Morgan fingerprint density at radius 2 is 1.14 bits per heavy atom. The van der Waals surface area contributed by atoms with Crippen molar-refractivity contribution in [2.24, 2.45) is 0 Å². The molecule has 0 spiro atoms. The molecule has 0 unspecified atom stereocenters. The highest BCUT2D eigenvalue weighted by Gasteiger charge is 2.15. The van der Waals surface area contributed by atoms with E-state index in [1.807, 2.05) is 0 Å². The van der Waals surface area contributed by atoms with E-state index >= 15 is 0 Å². The quantitative estimate of drug-likeness (QED) is 0.256. The summed E-state index contributed by atoms with van der Waals surface area (Å²) in [6.45, 7) is 0. The Balaban J connectivity index is 1.43. The van der Waals surface area contributed by atoms with Gasteiger partial charge in [-0.15, -0.1) is 0 Å². The number of H-pyrrole nitrogens is 1. The predicted octanol–water partition coefficient (Wildman–Crippen LogP) is 9.55. The highest BCUT2D eigenvalue weighted by Crippen LogP contribution is 2.42. The lowest BCUT2D eigenvalue weighted by Crippen LogP contribution is -1.88. The average Bonchev–Trinajstić information content (AvgIpc) is 3.30. The third-order valence-electron chi connectivity index (χ3n) is 7.56. The fourth-order valence-corrected chi connectivity index (χ4v) is 5.93. The third kappa shape index (κ3) is 2.64. The summed E-state index contributed by atoms with van der Waals surface area (Å²) in [7, 11) is 0. The summed E-state index contributed by atoms with van der Waals surface area (Å²) in [6, 6.07) is 44.3. The van der Waals surface area contributed by atoms with Crippen LogP contribution in [0, 0.1) is 0 Å². The Hall–Kier alpha value is -4.62. The molecule has 1 N–H and O–H groups in total. The highest BCUT2D eigenvalue weighted by atomic mass is 14.7. The number of aromatic amines is 1. The third-order valence-corrected chi connectivity index (χ3v) is 7.56. The molecule has 162 valence electrons. The van der Waals surface area contributed by atoms with E-state index in [0.29, 0.717) is 0 Å². The van der Waals surface area contributed by atoms with Crippen molar-refractivity contribution in [2.75, 3.05) is 0 Å². The minimum atomic E-state index is 1.17. The van der Waals surface area contributed by atoms with E-state index in [9.17, 15) is 0 Å². The van der Waals surface area contributed by atoms with Crippen molar-refractivity contribution < 1.29 is 0 Å². The lowest BCUT2D eigenvalue weighted by molar-refractivity contribution is 1.54. The molecule has 8 rings (SSSR count). The molecule has 0 radical (unpaired) electrons. The van der Waals surface area contributed by atoms with Gasteiger partial charge in [0.05, 0.1) is 5.52 Å². The number of rotatable bonds is 2. The van der Waals surface area contributed by atoms with E-state index in [0.717, 1.165) is 0 Å². The van der Waals surface area contributed by atoms with Crippen LogP contribution in [-0.4, -0.2) is 4.98 Å². The van der Waals surface area contributed by atoms with Crippen molar-refractivity contribution in [3.63, 3.8) is 0 Å². The maximum atomic E-state index is 3.75. The lowest BCUT2D eigenvalue weighted by Gasteiger charge is -2.14. The second-order valence-corrected chi connectivity index (χ2v) is 9.45. The molecule has 1 heteroatoms. The lowest BCUT2D eigenvalue weighted by atomic mass is 9.89. The van der Waals surface area contributed by atoms with Gasteiger partial charge in [0, 0.05) is 21.9 Å². The summed E-state index contributed by atoms with van der Waals surface area (Å²) in [5.74, 6) is 0. The SMILES string of the molecule is c1ccc(-c2ccc3[nH]c4c(-c5ccc6ccc7cccc8ccc5c6c78)cccc4c3c2)cc1. The van der Waals surface area contributed by atoms with Gasteiger partial charge in [-0.3, -0.25) is 0 Å². The van der Waals surface area contributed by atoms with Crippen LogP contribution >= 0.6 is 0 Å². The van der Waals surface area contributed by atoms with E-state index in [4.69, 9.17) is 0 Å². The molecule has 0 aliphatic carbocycles. The number of hydrogen-bond donors (Lipinski definition) is 1. The molecular formula is C34H21N. The zero-order valence-corrected chi connectivity index (χ0v) is 19.0. The van der Waals surface area contributed by atoms with Crippen LogP contribution in [0.4, 0.5) is 0 Å². The summed E-state index contributed by atoms with van der Waals surface area (Å²) in [6.07, 6.45) is 0. The Labute approximate surface area is 202 Å². The van der Waals surface area contributed by atoms with Crippen LogP contribution in [0.25, 0.3) is 76.4 Å². The van der Waals surface area contributed by atoms with Crippen LogP contribution in [0.5, 0.6) is 0 Å². The van der Waals surface area contributed by atoms with Crippen LogP contribution in [0.1, 0.15) is 0 Å². The van der Waals surface area contributed by atoms with Crippen molar-refractivity contribution in [1.82, 2.24) is 4.98 Å². The number of benzene rings is 7. The molecule has 0 fully saturated rings. The smallest absolute Gasteiger partial charge is 0.0544 e. The van der Waals surface area contributed by atoms with E-state index in [1.165, 1.54) is 76.4 Å². The summed E-state index contributed by atoms with van der Waals surface area (Å²) in [4.78, 5) is 3.75. The number of para-hydroxylation sites is 1. The van der Waals surface area contributed by atoms with Crippen LogP contribution in [0.3, 0.4) is 0 Å². The standard InChI is InChI=1S/C34H21N/c1-2-6-21(7-3-1)25-16-19-31-30(20-25)29-11-5-10-28(34(29)35-31)26-17-14-24-13-12-22-8-4-9-23-15-18-27(26)33(24)32(22)23/h1-20,35H. The second-order valence-electron chi connectivity index (χ2n) is 9.45. The van der Waals surface area contributed by atoms with E-state index in [2.05, 4.69) is 126 Å². The maximum absolute atomic E-state index is 3.75. The van der Waals surface area contributed by atoms with E-state index in [-0.39, 0.29) is 0 Å². The Kier molecular flexibility index (Phi) is 3.72. The van der Waals surface area contributed by atoms with Crippen molar-refractivity contribution in [2.45, 2.75) is 0 Å². The first-order valence-corrected chi connectivity index (χ1v) is 12.1. The largest absolute Gasteiger partial charge is 0.354 e. The fourth-order valence-electron chi connectivity index (χ4n) is 5.93. The maximum Gasteiger partial charge on any atom is 0.0544 e. The van der Waals surface area contributed by atoms with Crippen LogP contribution in [0.15, 0.2) is 121 Å². The first-order chi connectivity index (χ1) is 17.3. The van der Waals surface area contributed by atoms with E-state index in [1.54, 1.807) is 0 Å². The molecule has 0 saturated heterocycles. The van der Waals surface area contributed by atoms with Gasteiger partial charge in [-0.25, -0.2) is 0 Å². The van der Waals surface area contributed by atoms with Crippen molar-refractivity contribution >= 4 is 54.1 Å². The first kappa shape index (κ1) is 18.8. The van der Waals surface area contributed by atoms with Gasteiger partial charge >= 0.3 is 0 Å². The van der Waals surface area contributed by atoms with Crippen molar-refractivity contribution in [1.29, 1.82) is 0 Å². The Bertz CT molecular complexity index is 2030. The first-order valence-electron chi connectivity index (χ1n) is 12.1. The van der Waals surface area contributed by atoms with Gasteiger partial charge in [0.25, 0.3) is 0 Å². The minimum Gasteiger partial charge on any atom is -0.354 e. The van der Waals surface area contributed by atoms with Gasteiger partial charge in [0.15, 0.2) is 0 Å². The Morgan fingerprint density at radius 3 is 2.00 bits per heavy atom. The molecule has 0 atom stereocenters. The van der Waals surface area contributed by atoms with Gasteiger partial charge in [-0.2, -0.15) is 0 Å². The summed E-state index contributed by atoms with van der Waals surface area (Å²) >= 11 is 0. The summed E-state index contributed by atoms with van der Waals surface area (Å²) in [5, 5.41) is 10.5. The normalized spacial score (nSPS) is 12.0. The average molecular weight is 444 g/mol. The zero-order valence-electron chi connectivity index (χ0n) is 19.0. The monoisotopic (exact) mass is 443 g/mol. The molecule has 0 saturated carbocycles. The highest BCUT2D eigenvalue weighted by molar-refractivity contribution is 6.26. The molecule has 1 heterocycles. The van der Waals surface area contributed by atoms with Gasteiger partial charge in [-0.05, 0) is 61.1 Å². The van der Waals surface area contributed by atoms with E-state index < -0.39 is 0 Å². The molecule has 0 bridgehead atoms. The fraction of sp³-hybridized carbons (Fsp3) is 0. The number of hydrogen-bond acceptors (Lipinski definition) is 0. The molecule has 0 amide bonds. The molecule has 0 aliphatic heterocycles. The zero-order chi connectivity index (χ0) is 22.9. The van der Waals surface area contributed by atoms with Crippen molar-refractivity contribution in [3.05, 3.63) is 121 Å². The van der Waals surface area contributed by atoms with Gasteiger partial charge < -0.3 is 4.98 Å². The molecule has 35 heavy (non-hydrogen) atoms. The molecule has 8 aromatic rings. The molecular weight excluding hydrogens is 422 g/mol. The topological polar surface area (TPSA) is 15.8 Å². The molecule has 1 nitrogen and oxygen atoms in total. The van der Waals surface area contributed by atoms with Gasteiger partial charge in [0.2, 0.25) is 0 Å². The summed E-state index contributed by atoms with van der Waals surface area (Å²) < 4.78 is 0. The molecule has 0 aliphatic rings. The number of nitrogens with one attached hydrogen (secondary N) is 1. The van der Waals surface area contributed by atoms with Crippen LogP contribution in [0.2, 0.25) is 0 Å². The van der Waals surface area contributed by atoms with Crippen LogP contribution in [-0.2, 0) is 0 Å². The predicted molar refractivity (Wildman–Crippen MR) is 150 cm³/mol. The number of aromatic nitrogens is 1. The summed E-state index contributed by atoms with van der Waals surface area (Å²) in [5.41, 5.74) is 7.38. The second kappa shape index (κ2) is 6.94.